The number of Topliss-reactive ketones (excluding diaryl/α,β-unsaturated/α-hetero) is 1. The lowest BCUT2D eigenvalue weighted by Crippen LogP contribution is -2.34. The van der Waals surface area contributed by atoms with Crippen molar-refractivity contribution in [3.63, 3.8) is 0 Å². The van der Waals surface area contributed by atoms with Crippen LogP contribution in [0.1, 0.15) is 41.3 Å². The number of ketones is 1. The summed E-state index contributed by atoms with van der Waals surface area (Å²) >= 11 is 0. The van der Waals surface area contributed by atoms with Gasteiger partial charge < -0.3 is 9.64 Å². The van der Waals surface area contributed by atoms with E-state index in [-0.39, 0.29) is 5.78 Å². The number of rotatable bonds is 5. The number of nitrogens with zero attached hydrogens (tertiary/aromatic N) is 2. The van der Waals surface area contributed by atoms with Gasteiger partial charge in [-0.05, 0) is 68.0 Å². The summed E-state index contributed by atoms with van der Waals surface area (Å²) in [5.74, 6) is 1.56. The Morgan fingerprint density at radius 1 is 1.19 bits per heavy atom. The molecule has 0 aromatic heterocycles. The predicted octanol–water partition coefficient (Wildman–Crippen LogP) is 4.23. The van der Waals surface area contributed by atoms with Crippen LogP contribution in [0.4, 0.5) is 5.69 Å². The Morgan fingerprint density at radius 3 is 2.46 bits per heavy atom. The van der Waals surface area contributed by atoms with E-state index >= 15 is 0 Å². The Morgan fingerprint density at radius 2 is 1.88 bits per heavy atom. The molecule has 0 atom stereocenters. The van der Waals surface area contributed by atoms with Crippen LogP contribution >= 0.6 is 0 Å². The van der Waals surface area contributed by atoms with Gasteiger partial charge in [0.1, 0.15) is 11.8 Å². The quantitative estimate of drug-likeness (QED) is 0.759. The molecule has 0 bridgehead atoms. The van der Waals surface area contributed by atoms with Crippen LogP contribution in [0.15, 0.2) is 42.5 Å². The molecule has 2 aromatic carbocycles. The molecule has 0 radical (unpaired) electrons. The fraction of sp³-hybridized carbons (Fsp3) is 0.364. The van der Waals surface area contributed by atoms with Gasteiger partial charge >= 0.3 is 0 Å². The van der Waals surface area contributed by atoms with Crippen LogP contribution < -0.4 is 9.64 Å². The van der Waals surface area contributed by atoms with Crippen molar-refractivity contribution < 1.29 is 9.53 Å². The van der Waals surface area contributed by atoms with Crippen molar-refractivity contribution >= 4 is 11.5 Å². The van der Waals surface area contributed by atoms with Gasteiger partial charge in [-0.25, -0.2) is 0 Å². The topological polar surface area (TPSA) is 53.3 Å². The van der Waals surface area contributed by atoms with E-state index in [9.17, 15) is 10.1 Å². The van der Waals surface area contributed by atoms with E-state index in [1.165, 1.54) is 5.56 Å². The van der Waals surface area contributed by atoms with Crippen molar-refractivity contribution in [2.24, 2.45) is 5.92 Å². The van der Waals surface area contributed by atoms with Crippen molar-refractivity contribution in [1.29, 1.82) is 5.26 Å². The number of piperidine rings is 1. The van der Waals surface area contributed by atoms with E-state index in [1.807, 2.05) is 18.2 Å². The summed E-state index contributed by atoms with van der Waals surface area (Å²) in [5, 5.41) is 9.40. The first-order valence-corrected chi connectivity index (χ1v) is 9.03. The van der Waals surface area contributed by atoms with Crippen molar-refractivity contribution in [2.45, 2.75) is 26.2 Å². The first kappa shape index (κ1) is 18.0. The average molecular weight is 348 g/mol. The van der Waals surface area contributed by atoms with Gasteiger partial charge in [0.25, 0.3) is 0 Å². The molecule has 26 heavy (non-hydrogen) atoms. The molecule has 0 unspecified atom stereocenters. The van der Waals surface area contributed by atoms with E-state index in [1.54, 1.807) is 26.2 Å². The number of hydrogen-bond donors (Lipinski definition) is 0. The third-order valence-corrected chi connectivity index (χ3v) is 5.16. The molecule has 0 amide bonds. The number of nitriles is 1. The van der Waals surface area contributed by atoms with Gasteiger partial charge in [-0.3, -0.25) is 4.79 Å². The van der Waals surface area contributed by atoms with Gasteiger partial charge in [0, 0.05) is 18.7 Å². The maximum atomic E-state index is 11.7. The molecule has 0 aliphatic carbocycles. The molecule has 1 fully saturated rings. The zero-order chi connectivity index (χ0) is 18.5. The summed E-state index contributed by atoms with van der Waals surface area (Å²) in [7, 11) is 1.68. The van der Waals surface area contributed by atoms with Gasteiger partial charge in [0.2, 0.25) is 0 Å². The third kappa shape index (κ3) is 4.05. The molecular weight excluding hydrogens is 324 g/mol. The maximum Gasteiger partial charge on any atom is 0.159 e. The normalized spacial score (nSPS) is 14.7. The summed E-state index contributed by atoms with van der Waals surface area (Å²) in [5.41, 5.74) is 3.53. The molecule has 3 rings (SSSR count). The molecule has 1 aliphatic rings. The summed E-state index contributed by atoms with van der Waals surface area (Å²) in [6, 6.07) is 15.9. The molecule has 0 saturated carbocycles. The number of carbonyl (C=O) groups excluding carboxylic acids is 1. The van der Waals surface area contributed by atoms with E-state index < -0.39 is 0 Å². The average Bonchev–Trinajstić information content (AvgIpc) is 2.68. The molecule has 0 N–H and O–H groups in total. The number of ether oxygens (including phenoxy) is 1. The molecule has 1 aliphatic heterocycles. The second-order valence-corrected chi connectivity index (χ2v) is 6.88. The number of methoxy groups -OCH3 is 1. The predicted molar refractivity (Wildman–Crippen MR) is 103 cm³/mol. The molecule has 4 heteroatoms. The minimum Gasteiger partial charge on any atom is -0.497 e. The van der Waals surface area contributed by atoms with E-state index in [2.05, 4.69) is 23.1 Å². The molecule has 1 saturated heterocycles. The first-order chi connectivity index (χ1) is 12.6. The van der Waals surface area contributed by atoms with Gasteiger partial charge in [0.05, 0.1) is 18.4 Å². The highest BCUT2D eigenvalue weighted by molar-refractivity contribution is 5.95. The summed E-state index contributed by atoms with van der Waals surface area (Å²) in [4.78, 5) is 13.9. The Kier molecular flexibility index (Phi) is 5.58. The van der Waals surface area contributed by atoms with Crippen LogP contribution in [0.25, 0.3) is 0 Å². The van der Waals surface area contributed by atoms with Crippen molar-refractivity contribution in [2.75, 3.05) is 25.1 Å². The first-order valence-electron chi connectivity index (χ1n) is 9.03. The molecule has 134 valence electrons. The number of hydrogen-bond acceptors (Lipinski definition) is 4. The monoisotopic (exact) mass is 348 g/mol. The summed E-state index contributed by atoms with van der Waals surface area (Å²) < 4.78 is 5.21. The SMILES string of the molecule is COc1ccc(CC2CCN(c3cc(C(C)=O)ccc3C#N)CC2)cc1. The van der Waals surface area contributed by atoms with E-state index in [0.717, 1.165) is 43.8 Å². The van der Waals surface area contributed by atoms with Crippen molar-refractivity contribution in [3.8, 4) is 11.8 Å². The lowest BCUT2D eigenvalue weighted by Gasteiger charge is -2.34. The van der Waals surface area contributed by atoms with Gasteiger partial charge in [0.15, 0.2) is 5.78 Å². The van der Waals surface area contributed by atoms with Crippen LogP contribution in [-0.4, -0.2) is 26.0 Å². The maximum absolute atomic E-state index is 11.7. The van der Waals surface area contributed by atoms with Gasteiger partial charge in [-0.15, -0.1) is 0 Å². The highest BCUT2D eigenvalue weighted by Gasteiger charge is 2.22. The zero-order valence-electron chi connectivity index (χ0n) is 15.4. The molecule has 0 spiro atoms. The molecule has 4 nitrogen and oxygen atoms in total. The minimum atomic E-state index is 0.0325. The number of benzene rings is 2. The molecular formula is C22H24N2O2. The summed E-state index contributed by atoms with van der Waals surface area (Å²) in [6.45, 7) is 3.39. The Balaban J connectivity index is 1.65. The van der Waals surface area contributed by atoms with E-state index in [0.29, 0.717) is 17.0 Å². The van der Waals surface area contributed by atoms with Gasteiger partial charge in [-0.1, -0.05) is 12.1 Å². The van der Waals surface area contributed by atoms with Crippen LogP contribution in [0.2, 0.25) is 0 Å². The Bertz CT molecular complexity index is 813. The van der Waals surface area contributed by atoms with Crippen molar-refractivity contribution in [3.05, 3.63) is 59.2 Å². The second kappa shape index (κ2) is 8.05. The lowest BCUT2D eigenvalue weighted by atomic mass is 9.89. The Hall–Kier alpha value is -2.80. The van der Waals surface area contributed by atoms with Crippen molar-refractivity contribution in [1.82, 2.24) is 0 Å². The number of anilines is 1. The largest absolute Gasteiger partial charge is 0.497 e. The fourth-order valence-corrected chi connectivity index (χ4v) is 3.58. The van der Waals surface area contributed by atoms with Crippen LogP contribution in [0.5, 0.6) is 5.75 Å². The lowest BCUT2D eigenvalue weighted by molar-refractivity contribution is 0.101. The molecule has 1 heterocycles. The number of carbonyl (C=O) groups is 1. The van der Waals surface area contributed by atoms with Gasteiger partial charge in [-0.2, -0.15) is 5.26 Å². The standard InChI is InChI=1S/C22H24N2O2/c1-16(25)19-5-6-20(15-23)22(14-19)24-11-9-18(10-12-24)13-17-3-7-21(26-2)8-4-17/h3-8,14,18H,9-13H2,1-2H3. The Labute approximate surface area is 155 Å². The minimum absolute atomic E-state index is 0.0325. The van der Waals surface area contributed by atoms with Crippen LogP contribution in [-0.2, 0) is 6.42 Å². The van der Waals surface area contributed by atoms with Crippen LogP contribution in [0, 0.1) is 17.2 Å². The highest BCUT2D eigenvalue weighted by atomic mass is 16.5. The smallest absolute Gasteiger partial charge is 0.159 e. The van der Waals surface area contributed by atoms with Crippen LogP contribution in [0.3, 0.4) is 0 Å². The summed E-state index contributed by atoms with van der Waals surface area (Å²) in [6.07, 6.45) is 3.23. The van der Waals surface area contributed by atoms with E-state index in [4.69, 9.17) is 4.74 Å². The fourth-order valence-electron chi connectivity index (χ4n) is 3.58. The zero-order valence-corrected chi connectivity index (χ0v) is 15.4. The molecule has 2 aromatic rings. The third-order valence-electron chi connectivity index (χ3n) is 5.16. The second-order valence-electron chi connectivity index (χ2n) is 6.88. The highest BCUT2D eigenvalue weighted by Crippen LogP contribution is 2.29.